The third-order valence-electron chi connectivity index (χ3n) is 5.44. The van der Waals surface area contributed by atoms with Crippen molar-refractivity contribution in [3.63, 3.8) is 0 Å². The van der Waals surface area contributed by atoms with E-state index in [1.165, 1.54) is 24.3 Å². The van der Waals surface area contributed by atoms with Crippen LogP contribution >= 0.6 is 0 Å². The van der Waals surface area contributed by atoms with Crippen LogP contribution in [0.5, 0.6) is 0 Å². The van der Waals surface area contributed by atoms with Gasteiger partial charge in [0.05, 0.1) is 16.8 Å². The van der Waals surface area contributed by atoms with Gasteiger partial charge in [-0.05, 0) is 24.8 Å². The number of benzene rings is 1. The maximum atomic E-state index is 12.4. The number of carbonyl (C=O) groups excluding carboxylic acids is 3. The van der Waals surface area contributed by atoms with E-state index >= 15 is 0 Å². The highest BCUT2D eigenvalue weighted by atomic mass is 16.6. The third-order valence-corrected chi connectivity index (χ3v) is 5.44. The highest BCUT2D eigenvalue weighted by Crippen LogP contribution is 2.57. The van der Waals surface area contributed by atoms with E-state index in [2.05, 4.69) is 5.32 Å². The Morgan fingerprint density at radius 1 is 1.35 bits per heavy atom. The number of rotatable bonds is 5. The van der Waals surface area contributed by atoms with Crippen molar-refractivity contribution in [1.82, 2.24) is 0 Å². The molecule has 26 heavy (non-hydrogen) atoms. The third kappa shape index (κ3) is 2.69. The monoisotopic (exact) mass is 360 g/mol. The van der Waals surface area contributed by atoms with Gasteiger partial charge >= 0.3 is 11.9 Å². The maximum Gasteiger partial charge on any atom is 0.310 e. The van der Waals surface area contributed by atoms with Gasteiger partial charge in [-0.15, -0.1) is 0 Å². The molecule has 0 unspecified atom stereocenters. The van der Waals surface area contributed by atoms with Crippen LogP contribution < -0.4 is 5.32 Å². The Morgan fingerprint density at radius 2 is 2.15 bits per heavy atom. The average Bonchev–Trinajstić information content (AvgIpc) is 3.22. The molecular weight excluding hydrogens is 344 g/mol. The van der Waals surface area contributed by atoms with Crippen LogP contribution in [0.4, 0.5) is 11.4 Å². The predicted octanol–water partition coefficient (Wildman–Crippen LogP) is 1.27. The topological polar surface area (TPSA) is 125 Å². The summed E-state index contributed by atoms with van der Waals surface area (Å²) in [7, 11) is 0. The molecular formula is C17H16N2O7. The molecule has 1 saturated heterocycles. The number of ether oxygens (including phenoxy) is 2. The summed E-state index contributed by atoms with van der Waals surface area (Å²) in [6.07, 6.45) is 1.38. The lowest BCUT2D eigenvalue weighted by atomic mass is 9.80. The summed E-state index contributed by atoms with van der Waals surface area (Å²) in [5.74, 6) is -2.36. The molecule has 1 N–H and O–H groups in total. The summed E-state index contributed by atoms with van der Waals surface area (Å²) in [4.78, 5) is 46.4. The number of nitro benzene ring substituents is 1. The molecule has 1 aromatic carbocycles. The zero-order valence-electron chi connectivity index (χ0n) is 13.6. The van der Waals surface area contributed by atoms with Crippen molar-refractivity contribution < 1.29 is 28.8 Å². The van der Waals surface area contributed by atoms with E-state index in [0.29, 0.717) is 6.42 Å². The zero-order chi connectivity index (χ0) is 18.4. The number of hydrogen-bond donors (Lipinski definition) is 1. The first kappa shape index (κ1) is 16.5. The number of non-ortho nitro benzene ring substituents is 1. The smallest absolute Gasteiger partial charge is 0.310 e. The Labute approximate surface area is 147 Å². The number of amides is 1. The van der Waals surface area contributed by atoms with Gasteiger partial charge in [-0.1, -0.05) is 6.07 Å². The molecule has 0 aromatic heterocycles. The first-order chi connectivity index (χ1) is 12.4. The SMILES string of the molecule is O=C(COC(=O)[C@@H]1[C@@H]2C[C@@H]3[C@H]1C(=O)O[C@@H]3C2)Nc1cccc([N+](=O)[O-])c1. The fourth-order valence-corrected chi connectivity index (χ4v) is 4.45. The zero-order valence-corrected chi connectivity index (χ0v) is 13.6. The molecule has 1 heterocycles. The Bertz CT molecular complexity index is 806. The summed E-state index contributed by atoms with van der Waals surface area (Å²) in [5.41, 5.74) is 0.0819. The molecule has 2 bridgehead atoms. The normalized spacial score (nSPS) is 30.8. The Morgan fingerprint density at radius 3 is 2.92 bits per heavy atom. The molecule has 3 fully saturated rings. The quantitative estimate of drug-likeness (QED) is 0.476. The first-order valence-corrected chi connectivity index (χ1v) is 8.35. The van der Waals surface area contributed by atoms with Gasteiger partial charge in [0.25, 0.3) is 11.6 Å². The molecule has 4 rings (SSSR count). The van der Waals surface area contributed by atoms with Crippen molar-refractivity contribution >= 4 is 29.2 Å². The minimum absolute atomic E-state index is 0.0637. The van der Waals surface area contributed by atoms with E-state index < -0.39 is 35.2 Å². The van der Waals surface area contributed by atoms with Crippen LogP contribution in [0.3, 0.4) is 0 Å². The summed E-state index contributed by atoms with van der Waals surface area (Å²) in [5, 5.41) is 13.2. The molecule has 2 aliphatic carbocycles. The minimum atomic E-state index is -0.603. The summed E-state index contributed by atoms with van der Waals surface area (Å²) >= 11 is 0. The average molecular weight is 360 g/mol. The number of nitro groups is 1. The number of nitrogens with zero attached hydrogens (tertiary/aromatic N) is 1. The number of fused-ring (bicyclic) bond motifs is 1. The molecule has 3 aliphatic rings. The van der Waals surface area contributed by atoms with Crippen molar-refractivity contribution in [3.05, 3.63) is 34.4 Å². The highest BCUT2D eigenvalue weighted by Gasteiger charge is 2.64. The van der Waals surface area contributed by atoms with Gasteiger partial charge < -0.3 is 14.8 Å². The van der Waals surface area contributed by atoms with Crippen LogP contribution in [-0.2, 0) is 23.9 Å². The van der Waals surface area contributed by atoms with E-state index in [1.807, 2.05) is 0 Å². The van der Waals surface area contributed by atoms with Gasteiger partial charge in [-0.2, -0.15) is 0 Å². The largest absolute Gasteiger partial charge is 0.462 e. The van der Waals surface area contributed by atoms with E-state index in [4.69, 9.17) is 9.47 Å². The van der Waals surface area contributed by atoms with E-state index in [1.54, 1.807) is 0 Å². The summed E-state index contributed by atoms with van der Waals surface area (Å²) in [6.45, 7) is -0.513. The Kier molecular flexibility index (Phi) is 3.86. The molecule has 1 aromatic rings. The molecule has 9 heteroatoms. The summed E-state index contributed by atoms with van der Waals surface area (Å²) in [6, 6.07) is 5.46. The van der Waals surface area contributed by atoms with Crippen LogP contribution in [0.1, 0.15) is 12.8 Å². The number of anilines is 1. The van der Waals surface area contributed by atoms with Gasteiger partial charge in [-0.3, -0.25) is 24.5 Å². The second-order valence-corrected chi connectivity index (χ2v) is 6.89. The molecule has 1 aliphatic heterocycles. The molecule has 0 radical (unpaired) electrons. The Balaban J connectivity index is 1.34. The molecule has 5 atom stereocenters. The van der Waals surface area contributed by atoms with Gasteiger partial charge in [0.1, 0.15) is 6.10 Å². The van der Waals surface area contributed by atoms with Gasteiger partial charge in [0.2, 0.25) is 0 Å². The van der Waals surface area contributed by atoms with Crippen molar-refractivity contribution in [1.29, 1.82) is 0 Å². The van der Waals surface area contributed by atoms with Crippen molar-refractivity contribution in [2.45, 2.75) is 18.9 Å². The van der Waals surface area contributed by atoms with Crippen molar-refractivity contribution in [2.24, 2.45) is 23.7 Å². The lowest BCUT2D eigenvalue weighted by molar-refractivity contribution is -0.384. The second-order valence-electron chi connectivity index (χ2n) is 6.89. The second kappa shape index (κ2) is 6.08. The van der Waals surface area contributed by atoms with Crippen molar-refractivity contribution in [3.8, 4) is 0 Å². The van der Waals surface area contributed by atoms with Crippen molar-refractivity contribution in [2.75, 3.05) is 11.9 Å². The number of esters is 2. The molecule has 136 valence electrons. The standard InChI is InChI=1S/C17H16N2O7/c20-13(18-9-2-1-3-10(6-9)19(23)24)7-25-16(21)14-8-4-11-12(5-8)26-17(22)15(11)14/h1-3,6,8,11-12,14-15H,4-5,7H2,(H,18,20)/t8-,11+,12-,14-,15-/m1/s1. The molecule has 9 nitrogen and oxygen atoms in total. The van der Waals surface area contributed by atoms with Gasteiger partial charge in [0.15, 0.2) is 6.61 Å². The van der Waals surface area contributed by atoms with Crippen LogP contribution in [0.2, 0.25) is 0 Å². The van der Waals surface area contributed by atoms with Gasteiger partial charge in [-0.25, -0.2) is 0 Å². The lowest BCUT2D eigenvalue weighted by Crippen LogP contribution is -2.34. The predicted molar refractivity (Wildman–Crippen MR) is 85.8 cm³/mol. The minimum Gasteiger partial charge on any atom is -0.462 e. The van der Waals surface area contributed by atoms with Crippen LogP contribution in [0.15, 0.2) is 24.3 Å². The number of carbonyl (C=O) groups is 3. The van der Waals surface area contributed by atoms with Crippen LogP contribution in [-0.4, -0.2) is 35.5 Å². The highest BCUT2D eigenvalue weighted by molar-refractivity contribution is 5.93. The first-order valence-electron chi connectivity index (χ1n) is 8.35. The Hall–Kier alpha value is -2.97. The maximum absolute atomic E-state index is 12.4. The van der Waals surface area contributed by atoms with E-state index in [-0.39, 0.29) is 35.3 Å². The summed E-state index contributed by atoms with van der Waals surface area (Å²) < 4.78 is 10.4. The van der Waals surface area contributed by atoms with Gasteiger partial charge in [0, 0.05) is 23.7 Å². The molecule has 1 amide bonds. The van der Waals surface area contributed by atoms with Crippen LogP contribution in [0.25, 0.3) is 0 Å². The number of nitrogens with one attached hydrogen (secondary N) is 1. The van der Waals surface area contributed by atoms with E-state index in [0.717, 1.165) is 6.42 Å². The fourth-order valence-electron chi connectivity index (χ4n) is 4.45. The fraction of sp³-hybridized carbons (Fsp3) is 0.471. The molecule has 2 saturated carbocycles. The van der Waals surface area contributed by atoms with E-state index in [9.17, 15) is 24.5 Å². The molecule has 0 spiro atoms. The number of hydrogen-bond acceptors (Lipinski definition) is 7. The van der Waals surface area contributed by atoms with Crippen LogP contribution in [0, 0.1) is 33.8 Å². The lowest BCUT2D eigenvalue weighted by Gasteiger charge is -2.22.